The van der Waals surface area contributed by atoms with Crippen molar-refractivity contribution in [2.75, 3.05) is 20.2 Å². The van der Waals surface area contributed by atoms with Gasteiger partial charge >= 0.3 is 5.97 Å². The van der Waals surface area contributed by atoms with Gasteiger partial charge in [0.2, 0.25) is 0 Å². The SMILES string of the molecule is COC(=O)[C@@H]1CCC2OC3(CCNCC3)C(=O)N21. The predicted octanol–water partition coefficient (Wildman–Crippen LogP) is -0.371. The van der Waals surface area contributed by atoms with Gasteiger partial charge in [0, 0.05) is 0 Å². The van der Waals surface area contributed by atoms with E-state index >= 15 is 0 Å². The molecule has 3 fully saturated rings. The third kappa shape index (κ3) is 1.55. The van der Waals surface area contributed by atoms with Crippen LogP contribution in [0.3, 0.4) is 0 Å². The van der Waals surface area contributed by atoms with Gasteiger partial charge in [-0.1, -0.05) is 0 Å². The number of hydrogen-bond acceptors (Lipinski definition) is 5. The van der Waals surface area contributed by atoms with E-state index in [4.69, 9.17) is 9.47 Å². The van der Waals surface area contributed by atoms with Gasteiger partial charge in [-0.05, 0) is 38.8 Å². The molecule has 1 unspecified atom stereocenters. The summed E-state index contributed by atoms with van der Waals surface area (Å²) in [6.07, 6.45) is 2.50. The van der Waals surface area contributed by atoms with Crippen molar-refractivity contribution in [3.8, 4) is 0 Å². The molecule has 0 radical (unpaired) electrons. The maximum Gasteiger partial charge on any atom is 0.328 e. The topological polar surface area (TPSA) is 67.9 Å². The molecular formula is C12H18N2O4. The Labute approximate surface area is 106 Å². The summed E-state index contributed by atoms with van der Waals surface area (Å²) < 4.78 is 10.7. The lowest BCUT2D eigenvalue weighted by atomic mass is 9.91. The lowest BCUT2D eigenvalue weighted by Gasteiger charge is -2.31. The van der Waals surface area contributed by atoms with Crippen LogP contribution >= 0.6 is 0 Å². The van der Waals surface area contributed by atoms with E-state index in [9.17, 15) is 9.59 Å². The lowest BCUT2D eigenvalue weighted by molar-refractivity contribution is -0.151. The van der Waals surface area contributed by atoms with E-state index in [2.05, 4.69) is 5.32 Å². The molecule has 18 heavy (non-hydrogen) atoms. The first-order valence-corrected chi connectivity index (χ1v) is 6.47. The number of fused-ring (bicyclic) bond motifs is 1. The van der Waals surface area contributed by atoms with Crippen LogP contribution in [0.1, 0.15) is 25.7 Å². The summed E-state index contributed by atoms with van der Waals surface area (Å²) in [5, 5.41) is 3.22. The minimum absolute atomic E-state index is 0.0260. The van der Waals surface area contributed by atoms with Crippen molar-refractivity contribution >= 4 is 11.9 Å². The van der Waals surface area contributed by atoms with Crippen LogP contribution in [0.5, 0.6) is 0 Å². The molecule has 0 aromatic rings. The van der Waals surface area contributed by atoms with E-state index in [1.54, 1.807) is 4.90 Å². The van der Waals surface area contributed by atoms with Crippen LogP contribution in [0.4, 0.5) is 0 Å². The molecule has 3 aliphatic heterocycles. The first kappa shape index (κ1) is 11.9. The number of esters is 1. The highest BCUT2D eigenvalue weighted by Gasteiger charge is 2.58. The second kappa shape index (κ2) is 4.20. The van der Waals surface area contributed by atoms with Crippen LogP contribution < -0.4 is 5.32 Å². The van der Waals surface area contributed by atoms with Crippen LogP contribution in [-0.4, -0.2) is 54.8 Å². The smallest absolute Gasteiger partial charge is 0.328 e. The van der Waals surface area contributed by atoms with Gasteiger partial charge in [0.25, 0.3) is 5.91 Å². The van der Waals surface area contributed by atoms with Gasteiger partial charge in [0.1, 0.15) is 12.3 Å². The second-order valence-corrected chi connectivity index (χ2v) is 5.15. The number of hydrogen-bond donors (Lipinski definition) is 1. The molecule has 3 saturated heterocycles. The monoisotopic (exact) mass is 254 g/mol. The number of carbonyl (C=O) groups excluding carboxylic acids is 2. The fraction of sp³-hybridized carbons (Fsp3) is 0.833. The predicted molar refractivity (Wildman–Crippen MR) is 61.6 cm³/mol. The molecule has 6 nitrogen and oxygen atoms in total. The van der Waals surface area contributed by atoms with E-state index in [-0.39, 0.29) is 18.1 Å². The van der Waals surface area contributed by atoms with E-state index in [1.165, 1.54) is 7.11 Å². The molecule has 0 aromatic heterocycles. The first-order valence-electron chi connectivity index (χ1n) is 6.47. The van der Waals surface area contributed by atoms with Crippen molar-refractivity contribution in [1.82, 2.24) is 10.2 Å². The molecule has 100 valence electrons. The van der Waals surface area contributed by atoms with E-state index in [1.807, 2.05) is 0 Å². The normalized spacial score (nSPS) is 33.8. The number of methoxy groups -OCH3 is 1. The number of nitrogens with one attached hydrogen (secondary N) is 1. The Morgan fingerprint density at radius 1 is 1.44 bits per heavy atom. The average Bonchev–Trinajstić information content (AvgIpc) is 2.90. The van der Waals surface area contributed by atoms with Gasteiger partial charge in [0.15, 0.2) is 5.60 Å². The Balaban J connectivity index is 1.83. The van der Waals surface area contributed by atoms with Crippen molar-refractivity contribution in [3.05, 3.63) is 0 Å². The molecule has 1 spiro atoms. The summed E-state index contributed by atoms with van der Waals surface area (Å²) >= 11 is 0. The minimum Gasteiger partial charge on any atom is -0.467 e. The third-order valence-corrected chi connectivity index (χ3v) is 4.20. The summed E-state index contributed by atoms with van der Waals surface area (Å²) in [4.78, 5) is 25.9. The Bertz CT molecular complexity index is 378. The van der Waals surface area contributed by atoms with Crippen molar-refractivity contribution < 1.29 is 19.1 Å². The number of amides is 1. The van der Waals surface area contributed by atoms with Crippen LogP contribution in [0, 0.1) is 0 Å². The molecule has 1 N–H and O–H groups in total. The summed E-state index contributed by atoms with van der Waals surface area (Å²) in [6, 6.07) is -0.457. The number of ether oxygens (including phenoxy) is 2. The molecule has 6 heteroatoms. The van der Waals surface area contributed by atoms with Gasteiger partial charge < -0.3 is 19.7 Å². The molecule has 3 rings (SSSR count). The molecule has 3 heterocycles. The van der Waals surface area contributed by atoms with Gasteiger partial charge in [0.05, 0.1) is 7.11 Å². The fourth-order valence-electron chi connectivity index (χ4n) is 3.24. The third-order valence-electron chi connectivity index (χ3n) is 4.20. The van der Waals surface area contributed by atoms with Crippen LogP contribution in [0.25, 0.3) is 0 Å². The molecule has 0 saturated carbocycles. The second-order valence-electron chi connectivity index (χ2n) is 5.15. The quantitative estimate of drug-likeness (QED) is 0.647. The molecule has 0 bridgehead atoms. The average molecular weight is 254 g/mol. The lowest BCUT2D eigenvalue weighted by Crippen LogP contribution is -2.51. The Kier molecular flexibility index (Phi) is 2.79. The number of carbonyl (C=O) groups is 2. The fourth-order valence-corrected chi connectivity index (χ4v) is 3.24. The highest BCUT2D eigenvalue weighted by atomic mass is 16.6. The number of nitrogens with zero attached hydrogens (tertiary/aromatic N) is 1. The zero-order valence-corrected chi connectivity index (χ0v) is 10.5. The molecule has 2 atom stereocenters. The Hall–Kier alpha value is -1.14. The van der Waals surface area contributed by atoms with Crippen LogP contribution in [-0.2, 0) is 19.1 Å². The van der Waals surface area contributed by atoms with Crippen molar-refractivity contribution in [3.63, 3.8) is 0 Å². The summed E-state index contributed by atoms with van der Waals surface area (Å²) in [7, 11) is 1.36. The van der Waals surface area contributed by atoms with Crippen molar-refractivity contribution in [1.29, 1.82) is 0 Å². The van der Waals surface area contributed by atoms with E-state index < -0.39 is 11.6 Å². The molecule has 3 aliphatic rings. The largest absolute Gasteiger partial charge is 0.467 e. The maximum absolute atomic E-state index is 12.6. The standard InChI is InChI=1S/C12H18N2O4/c1-17-10(15)8-2-3-9-14(8)11(16)12(18-9)4-6-13-7-5-12/h8-9,13H,2-7H2,1H3/t8-,9?/m0/s1. The molecule has 0 aromatic carbocycles. The van der Waals surface area contributed by atoms with Crippen molar-refractivity contribution in [2.24, 2.45) is 0 Å². The Morgan fingerprint density at radius 3 is 2.83 bits per heavy atom. The van der Waals surface area contributed by atoms with Crippen LogP contribution in [0.2, 0.25) is 0 Å². The van der Waals surface area contributed by atoms with Crippen molar-refractivity contribution in [2.45, 2.75) is 43.6 Å². The highest BCUT2D eigenvalue weighted by molar-refractivity contribution is 5.92. The van der Waals surface area contributed by atoms with Gasteiger partial charge in [-0.3, -0.25) is 4.79 Å². The first-order chi connectivity index (χ1) is 8.68. The molecule has 0 aliphatic carbocycles. The highest BCUT2D eigenvalue weighted by Crippen LogP contribution is 2.41. The zero-order valence-electron chi connectivity index (χ0n) is 10.5. The van der Waals surface area contributed by atoms with Gasteiger partial charge in [-0.25, -0.2) is 4.79 Å². The zero-order chi connectivity index (χ0) is 12.8. The Morgan fingerprint density at radius 2 is 2.17 bits per heavy atom. The van der Waals surface area contributed by atoms with Crippen LogP contribution in [0.15, 0.2) is 0 Å². The van der Waals surface area contributed by atoms with Gasteiger partial charge in [-0.15, -0.1) is 0 Å². The summed E-state index contributed by atoms with van der Waals surface area (Å²) in [6.45, 7) is 1.57. The minimum atomic E-state index is -0.692. The summed E-state index contributed by atoms with van der Waals surface area (Å²) in [5.41, 5.74) is -0.692. The number of rotatable bonds is 1. The van der Waals surface area contributed by atoms with E-state index in [0.717, 1.165) is 19.5 Å². The van der Waals surface area contributed by atoms with E-state index in [0.29, 0.717) is 19.3 Å². The molecule has 1 amide bonds. The maximum atomic E-state index is 12.6. The molecular weight excluding hydrogens is 236 g/mol. The van der Waals surface area contributed by atoms with Gasteiger partial charge in [-0.2, -0.15) is 0 Å². The number of piperidine rings is 1. The summed E-state index contributed by atoms with van der Waals surface area (Å²) in [5.74, 6) is -0.359.